The number of hydrogen-bond donors (Lipinski definition) is 1. The number of nitrogens with one attached hydrogen (secondary N) is 1. The number of nitrogens with zero attached hydrogens (tertiary/aromatic N) is 2. The second-order valence-electron chi connectivity index (χ2n) is 4.26. The molecule has 1 aromatic rings. The van der Waals surface area contributed by atoms with Crippen molar-refractivity contribution in [3.63, 3.8) is 0 Å². The molecule has 19 heavy (non-hydrogen) atoms. The van der Waals surface area contributed by atoms with Crippen LogP contribution in [-0.2, 0) is 9.47 Å². The van der Waals surface area contributed by atoms with Crippen molar-refractivity contribution in [1.29, 1.82) is 0 Å². The van der Waals surface area contributed by atoms with Crippen LogP contribution in [0, 0.1) is 6.92 Å². The number of aromatic nitrogens is 2. The Bertz CT molecular complexity index is 418. The van der Waals surface area contributed by atoms with Gasteiger partial charge in [-0.15, -0.1) is 0 Å². The molecule has 0 aliphatic rings. The van der Waals surface area contributed by atoms with Gasteiger partial charge in [-0.2, -0.15) is 0 Å². The van der Waals surface area contributed by atoms with Gasteiger partial charge in [0.25, 0.3) is 0 Å². The molecule has 1 aromatic heterocycles. The summed E-state index contributed by atoms with van der Waals surface area (Å²) in [6.45, 7) is 4.42. The SMILES string of the molecule is CCCC(COC)Nc1nc(C)ncc1C(=O)OC. The Morgan fingerprint density at radius 2 is 2.21 bits per heavy atom. The highest BCUT2D eigenvalue weighted by Crippen LogP contribution is 2.15. The Morgan fingerprint density at radius 3 is 2.79 bits per heavy atom. The van der Waals surface area contributed by atoms with Gasteiger partial charge in [0.2, 0.25) is 0 Å². The average Bonchev–Trinajstić information content (AvgIpc) is 2.38. The number of hydrogen-bond acceptors (Lipinski definition) is 6. The van der Waals surface area contributed by atoms with Crippen LogP contribution in [0.25, 0.3) is 0 Å². The highest BCUT2D eigenvalue weighted by molar-refractivity contribution is 5.94. The normalized spacial score (nSPS) is 12.0. The van der Waals surface area contributed by atoms with Gasteiger partial charge in [0.05, 0.1) is 19.8 Å². The van der Waals surface area contributed by atoms with Gasteiger partial charge in [-0.25, -0.2) is 14.8 Å². The third kappa shape index (κ3) is 4.48. The van der Waals surface area contributed by atoms with Crippen molar-refractivity contribution in [3.8, 4) is 0 Å². The van der Waals surface area contributed by atoms with Gasteiger partial charge in [0.1, 0.15) is 17.2 Å². The molecule has 0 amide bonds. The number of aryl methyl sites for hydroxylation is 1. The zero-order valence-corrected chi connectivity index (χ0v) is 11.9. The van der Waals surface area contributed by atoms with Crippen LogP contribution in [-0.4, -0.2) is 42.8 Å². The van der Waals surface area contributed by atoms with E-state index in [4.69, 9.17) is 9.47 Å². The van der Waals surface area contributed by atoms with Crippen molar-refractivity contribution >= 4 is 11.8 Å². The van der Waals surface area contributed by atoms with Crippen LogP contribution < -0.4 is 5.32 Å². The van der Waals surface area contributed by atoms with Crippen LogP contribution >= 0.6 is 0 Å². The second kappa shape index (κ2) is 7.68. The van der Waals surface area contributed by atoms with E-state index in [1.165, 1.54) is 13.3 Å². The van der Waals surface area contributed by atoms with Crippen LogP contribution in [0.2, 0.25) is 0 Å². The molecule has 1 atom stereocenters. The summed E-state index contributed by atoms with van der Waals surface area (Å²) < 4.78 is 9.89. The third-order valence-electron chi connectivity index (χ3n) is 2.66. The summed E-state index contributed by atoms with van der Waals surface area (Å²) in [4.78, 5) is 20.0. The number of methoxy groups -OCH3 is 2. The number of ether oxygens (including phenoxy) is 2. The van der Waals surface area contributed by atoms with Gasteiger partial charge in [0, 0.05) is 13.3 Å². The lowest BCUT2D eigenvalue weighted by molar-refractivity contribution is 0.0600. The molecule has 0 aliphatic heterocycles. The van der Waals surface area contributed by atoms with Crippen LogP contribution in [0.15, 0.2) is 6.20 Å². The zero-order chi connectivity index (χ0) is 14.3. The maximum absolute atomic E-state index is 11.7. The van der Waals surface area contributed by atoms with Gasteiger partial charge in [-0.1, -0.05) is 13.3 Å². The molecule has 1 unspecified atom stereocenters. The topological polar surface area (TPSA) is 73.3 Å². The van der Waals surface area contributed by atoms with Gasteiger partial charge in [0.15, 0.2) is 0 Å². The van der Waals surface area contributed by atoms with E-state index < -0.39 is 5.97 Å². The first-order chi connectivity index (χ1) is 9.12. The minimum atomic E-state index is -0.449. The Morgan fingerprint density at radius 1 is 1.47 bits per heavy atom. The summed E-state index contributed by atoms with van der Waals surface area (Å²) in [5, 5.41) is 3.23. The largest absolute Gasteiger partial charge is 0.465 e. The van der Waals surface area contributed by atoms with Crippen LogP contribution in [0.3, 0.4) is 0 Å². The molecule has 106 valence electrons. The molecule has 0 saturated heterocycles. The summed E-state index contributed by atoms with van der Waals surface area (Å²) in [5.74, 6) is 0.646. The van der Waals surface area contributed by atoms with Crippen LogP contribution in [0.4, 0.5) is 5.82 Å². The first-order valence-corrected chi connectivity index (χ1v) is 6.29. The van der Waals surface area contributed by atoms with E-state index in [0.29, 0.717) is 23.8 Å². The van der Waals surface area contributed by atoms with Gasteiger partial charge in [-0.05, 0) is 13.3 Å². The van der Waals surface area contributed by atoms with E-state index >= 15 is 0 Å². The van der Waals surface area contributed by atoms with Crippen LogP contribution in [0.1, 0.15) is 35.9 Å². The van der Waals surface area contributed by atoms with E-state index in [2.05, 4.69) is 22.2 Å². The van der Waals surface area contributed by atoms with E-state index in [1.807, 2.05) is 0 Å². The van der Waals surface area contributed by atoms with E-state index in [1.54, 1.807) is 14.0 Å². The van der Waals surface area contributed by atoms with E-state index in [-0.39, 0.29) is 6.04 Å². The Hall–Kier alpha value is -1.69. The molecule has 0 spiro atoms. The molecule has 0 fully saturated rings. The van der Waals surface area contributed by atoms with Crippen molar-refractivity contribution in [1.82, 2.24) is 9.97 Å². The molecule has 0 bridgehead atoms. The molecular weight excluding hydrogens is 246 g/mol. The third-order valence-corrected chi connectivity index (χ3v) is 2.66. The molecule has 0 saturated carbocycles. The molecule has 1 rings (SSSR count). The first-order valence-electron chi connectivity index (χ1n) is 6.29. The second-order valence-corrected chi connectivity index (χ2v) is 4.26. The number of carbonyl (C=O) groups excluding carboxylic acids is 1. The summed E-state index contributed by atoms with van der Waals surface area (Å²) in [6, 6.07) is 0.104. The van der Waals surface area contributed by atoms with Crippen molar-refractivity contribution < 1.29 is 14.3 Å². The monoisotopic (exact) mass is 267 g/mol. The fraction of sp³-hybridized carbons (Fsp3) is 0.615. The fourth-order valence-electron chi connectivity index (χ4n) is 1.78. The number of rotatable bonds is 7. The van der Waals surface area contributed by atoms with Crippen LogP contribution in [0.5, 0.6) is 0 Å². The Balaban J connectivity index is 2.96. The molecule has 1 heterocycles. The van der Waals surface area contributed by atoms with Crippen molar-refractivity contribution in [2.45, 2.75) is 32.7 Å². The van der Waals surface area contributed by atoms with E-state index in [0.717, 1.165) is 12.8 Å². The number of anilines is 1. The van der Waals surface area contributed by atoms with Crippen molar-refractivity contribution in [3.05, 3.63) is 17.6 Å². The lowest BCUT2D eigenvalue weighted by Gasteiger charge is -2.19. The molecule has 0 radical (unpaired) electrons. The molecular formula is C13H21N3O3. The number of carbonyl (C=O) groups is 1. The van der Waals surface area contributed by atoms with Gasteiger partial charge < -0.3 is 14.8 Å². The predicted molar refractivity (Wildman–Crippen MR) is 72.3 cm³/mol. The summed E-state index contributed by atoms with van der Waals surface area (Å²) in [5.41, 5.74) is 0.338. The van der Waals surface area contributed by atoms with Crippen molar-refractivity contribution in [2.24, 2.45) is 0 Å². The predicted octanol–water partition coefficient (Wildman–Crippen LogP) is 1.80. The molecule has 0 aliphatic carbocycles. The molecule has 6 nitrogen and oxygen atoms in total. The molecule has 0 aromatic carbocycles. The highest BCUT2D eigenvalue weighted by Gasteiger charge is 2.17. The highest BCUT2D eigenvalue weighted by atomic mass is 16.5. The zero-order valence-electron chi connectivity index (χ0n) is 11.9. The smallest absolute Gasteiger partial charge is 0.343 e. The summed E-state index contributed by atoms with van der Waals surface area (Å²) >= 11 is 0. The maximum atomic E-state index is 11.7. The van der Waals surface area contributed by atoms with E-state index in [9.17, 15) is 4.79 Å². The number of esters is 1. The Labute approximate surface area is 113 Å². The average molecular weight is 267 g/mol. The van der Waals surface area contributed by atoms with Gasteiger partial charge in [-0.3, -0.25) is 0 Å². The first kappa shape index (κ1) is 15.4. The minimum absolute atomic E-state index is 0.104. The van der Waals surface area contributed by atoms with Gasteiger partial charge >= 0.3 is 5.97 Å². The standard InChI is InChI=1S/C13H21N3O3/c1-5-6-10(8-18-3)16-12-11(13(17)19-4)7-14-9(2)15-12/h7,10H,5-6,8H2,1-4H3,(H,14,15,16). The Kier molecular flexibility index (Phi) is 6.21. The molecule has 1 N–H and O–H groups in total. The molecule has 6 heteroatoms. The quantitative estimate of drug-likeness (QED) is 0.759. The summed E-state index contributed by atoms with van der Waals surface area (Å²) in [6.07, 6.45) is 3.42. The lowest BCUT2D eigenvalue weighted by atomic mass is 10.1. The maximum Gasteiger partial charge on any atom is 0.343 e. The minimum Gasteiger partial charge on any atom is -0.465 e. The summed E-state index contributed by atoms with van der Waals surface area (Å²) in [7, 11) is 2.99. The van der Waals surface area contributed by atoms with Crippen molar-refractivity contribution in [2.75, 3.05) is 26.1 Å². The lowest BCUT2D eigenvalue weighted by Crippen LogP contribution is -2.27. The fourth-order valence-corrected chi connectivity index (χ4v) is 1.78.